The summed E-state index contributed by atoms with van der Waals surface area (Å²) in [6, 6.07) is 6.37. The third-order valence-corrected chi connectivity index (χ3v) is 9.90. The summed E-state index contributed by atoms with van der Waals surface area (Å²) in [5.41, 5.74) is -1.02. The highest BCUT2D eigenvalue weighted by molar-refractivity contribution is 14.1. The Hall–Kier alpha value is -1.79. The van der Waals surface area contributed by atoms with Crippen LogP contribution in [-0.4, -0.2) is 43.5 Å². The summed E-state index contributed by atoms with van der Waals surface area (Å²) < 4.78 is 52.3. The second-order valence-corrected chi connectivity index (χ2v) is 12.5. The van der Waals surface area contributed by atoms with Crippen molar-refractivity contribution in [3.05, 3.63) is 65.2 Å². The number of carbonyl (C=O) groups excluding carboxylic acids is 1. The van der Waals surface area contributed by atoms with Crippen molar-refractivity contribution in [2.45, 2.75) is 79.7 Å². The fourth-order valence-electron chi connectivity index (χ4n) is 5.50. The Morgan fingerprint density at radius 1 is 1.26 bits per heavy atom. The Morgan fingerprint density at radius 2 is 1.97 bits per heavy atom. The SMILES string of the molecule is CCC(CC[C@@](I)(C(=O)NCc1cc(F)cc(C(F)(F)F)c1)C1CC1)N1CCC(O)(c2cccnc2)CC1. The van der Waals surface area contributed by atoms with Gasteiger partial charge < -0.3 is 15.3 Å². The van der Waals surface area contributed by atoms with Gasteiger partial charge in [0.1, 0.15) is 9.24 Å². The molecule has 1 saturated carbocycles. The lowest BCUT2D eigenvalue weighted by atomic mass is 9.84. The lowest BCUT2D eigenvalue weighted by molar-refractivity contribution is -0.137. The maximum atomic E-state index is 13.8. The van der Waals surface area contributed by atoms with Crippen molar-refractivity contribution in [2.24, 2.45) is 5.92 Å². The van der Waals surface area contributed by atoms with Gasteiger partial charge in [-0.3, -0.25) is 9.78 Å². The van der Waals surface area contributed by atoms with E-state index in [9.17, 15) is 27.5 Å². The van der Waals surface area contributed by atoms with Crippen molar-refractivity contribution in [2.75, 3.05) is 13.1 Å². The van der Waals surface area contributed by atoms with Gasteiger partial charge in [-0.15, -0.1) is 0 Å². The molecule has 10 heteroatoms. The minimum atomic E-state index is -4.65. The Bertz CT molecular complexity index is 1110. The maximum absolute atomic E-state index is 13.8. The minimum absolute atomic E-state index is 0.0843. The van der Waals surface area contributed by atoms with Gasteiger partial charge in [-0.1, -0.05) is 35.6 Å². The van der Waals surface area contributed by atoms with Gasteiger partial charge in [-0.2, -0.15) is 13.2 Å². The molecule has 0 bridgehead atoms. The highest BCUT2D eigenvalue weighted by atomic mass is 127. The number of hydrogen-bond donors (Lipinski definition) is 2. The molecule has 1 saturated heterocycles. The van der Waals surface area contributed by atoms with E-state index in [-0.39, 0.29) is 30.0 Å². The van der Waals surface area contributed by atoms with Crippen molar-refractivity contribution in [3.63, 3.8) is 0 Å². The lowest BCUT2D eigenvalue weighted by Gasteiger charge is -2.42. The Morgan fingerprint density at radius 3 is 2.55 bits per heavy atom. The molecule has 0 radical (unpaired) electrons. The van der Waals surface area contributed by atoms with Gasteiger partial charge in [0.15, 0.2) is 0 Å². The predicted molar refractivity (Wildman–Crippen MR) is 145 cm³/mol. The van der Waals surface area contributed by atoms with Gasteiger partial charge in [0, 0.05) is 43.6 Å². The molecule has 2 atom stereocenters. The third-order valence-electron chi connectivity index (χ3n) is 7.99. The van der Waals surface area contributed by atoms with Crippen molar-refractivity contribution < 1.29 is 27.5 Å². The summed E-state index contributed by atoms with van der Waals surface area (Å²) in [5.74, 6) is -0.969. The first kappa shape index (κ1) is 29.2. The van der Waals surface area contributed by atoms with Crippen LogP contribution >= 0.6 is 22.6 Å². The van der Waals surface area contributed by atoms with Crippen molar-refractivity contribution in [1.29, 1.82) is 0 Å². The molecule has 208 valence electrons. The number of pyridine rings is 1. The summed E-state index contributed by atoms with van der Waals surface area (Å²) >= 11 is 2.22. The topological polar surface area (TPSA) is 65.5 Å². The van der Waals surface area contributed by atoms with E-state index in [1.165, 1.54) is 0 Å². The number of nitrogens with zero attached hydrogens (tertiary/aromatic N) is 2. The molecule has 1 unspecified atom stereocenters. The van der Waals surface area contributed by atoms with Gasteiger partial charge in [0.2, 0.25) is 5.91 Å². The minimum Gasteiger partial charge on any atom is -0.385 e. The van der Waals surface area contributed by atoms with E-state index in [1.807, 2.05) is 12.1 Å². The molecule has 1 aliphatic carbocycles. The van der Waals surface area contributed by atoms with Crippen LogP contribution in [0.25, 0.3) is 0 Å². The second kappa shape index (κ2) is 11.8. The molecule has 2 aliphatic rings. The smallest absolute Gasteiger partial charge is 0.385 e. The molecular weight excluding hydrogens is 613 g/mol. The molecule has 1 amide bonds. The van der Waals surface area contributed by atoms with E-state index in [2.05, 4.69) is 44.7 Å². The first-order valence-electron chi connectivity index (χ1n) is 13.2. The molecule has 1 aromatic heterocycles. The molecule has 4 rings (SSSR count). The Balaban J connectivity index is 1.36. The van der Waals surface area contributed by atoms with Crippen LogP contribution in [0.3, 0.4) is 0 Å². The average Bonchev–Trinajstić information content (AvgIpc) is 3.74. The molecule has 2 heterocycles. The molecule has 2 N–H and O–H groups in total. The van der Waals surface area contributed by atoms with Crippen molar-refractivity contribution >= 4 is 28.5 Å². The van der Waals surface area contributed by atoms with Crippen LogP contribution in [-0.2, 0) is 23.1 Å². The number of rotatable bonds is 10. The summed E-state index contributed by atoms with van der Waals surface area (Å²) in [5, 5.41) is 13.9. The van der Waals surface area contributed by atoms with Gasteiger partial charge in [-0.05, 0) is 80.7 Å². The number of nitrogens with one attached hydrogen (secondary N) is 1. The number of likely N-dealkylation sites (tertiary alicyclic amines) is 1. The number of hydrogen-bond acceptors (Lipinski definition) is 4. The first-order valence-corrected chi connectivity index (χ1v) is 14.2. The molecule has 38 heavy (non-hydrogen) atoms. The van der Waals surface area contributed by atoms with Gasteiger partial charge in [0.05, 0.1) is 11.2 Å². The van der Waals surface area contributed by atoms with E-state index >= 15 is 0 Å². The largest absolute Gasteiger partial charge is 0.416 e. The van der Waals surface area contributed by atoms with Crippen LogP contribution < -0.4 is 5.32 Å². The average molecular weight is 647 g/mol. The maximum Gasteiger partial charge on any atom is 0.416 e. The van der Waals surface area contributed by atoms with E-state index in [1.54, 1.807) is 12.4 Å². The lowest BCUT2D eigenvalue weighted by Crippen LogP contribution is -2.48. The summed E-state index contributed by atoms with van der Waals surface area (Å²) in [4.78, 5) is 19.8. The zero-order valence-electron chi connectivity index (χ0n) is 21.4. The normalized spacial score (nSPS) is 20.5. The standard InChI is InChI=1S/C28H34F4IN3O2/c1-2-24(36-12-9-26(38,10-13-36)21-4-3-11-34-18-21)7-8-27(33,20-5-6-20)25(37)35-17-19-14-22(28(30,31)32)16-23(29)15-19/h3-4,11,14-16,18,20,24,38H,2,5-10,12-13,17H2,1H3,(H,35,37)/t24?,27-/m0/s1. The molecule has 1 aromatic carbocycles. The zero-order chi connectivity index (χ0) is 27.6. The molecule has 2 aromatic rings. The molecule has 1 aliphatic heterocycles. The molecule has 2 fully saturated rings. The quantitative estimate of drug-likeness (QED) is 0.189. The number of amides is 1. The van der Waals surface area contributed by atoms with Crippen molar-refractivity contribution in [1.82, 2.24) is 15.2 Å². The summed E-state index contributed by atoms with van der Waals surface area (Å²) in [6.45, 7) is 3.46. The molecule has 5 nitrogen and oxygen atoms in total. The summed E-state index contributed by atoms with van der Waals surface area (Å²) in [7, 11) is 0. The number of piperidine rings is 1. The number of alkyl halides is 4. The Labute approximate surface area is 234 Å². The fourth-order valence-corrected chi connectivity index (χ4v) is 6.62. The highest BCUT2D eigenvalue weighted by Crippen LogP contribution is 2.49. The monoisotopic (exact) mass is 647 g/mol. The van der Waals surface area contributed by atoms with Crippen LogP contribution in [0.15, 0.2) is 42.7 Å². The van der Waals surface area contributed by atoms with Crippen LogP contribution in [0, 0.1) is 11.7 Å². The van der Waals surface area contributed by atoms with Gasteiger partial charge >= 0.3 is 6.18 Å². The van der Waals surface area contributed by atoms with Crippen LogP contribution in [0.1, 0.15) is 68.6 Å². The van der Waals surface area contributed by atoms with Crippen molar-refractivity contribution in [3.8, 4) is 0 Å². The number of aromatic nitrogens is 1. The second-order valence-electron chi connectivity index (χ2n) is 10.6. The molecular formula is C28H34F4IN3O2. The molecule has 0 spiro atoms. The first-order chi connectivity index (χ1) is 17.9. The van der Waals surface area contributed by atoms with Crippen LogP contribution in [0.2, 0.25) is 0 Å². The van der Waals surface area contributed by atoms with E-state index in [4.69, 9.17) is 0 Å². The van der Waals surface area contributed by atoms with Crippen LogP contribution in [0.4, 0.5) is 17.6 Å². The number of carbonyl (C=O) groups is 1. The number of halogens is 5. The summed E-state index contributed by atoms with van der Waals surface area (Å²) in [6.07, 6.45) is 4.21. The van der Waals surface area contributed by atoms with Gasteiger partial charge in [-0.25, -0.2) is 4.39 Å². The predicted octanol–water partition coefficient (Wildman–Crippen LogP) is 5.98. The van der Waals surface area contributed by atoms with Crippen LogP contribution in [0.5, 0.6) is 0 Å². The highest BCUT2D eigenvalue weighted by Gasteiger charge is 2.49. The van der Waals surface area contributed by atoms with E-state index < -0.39 is 26.6 Å². The zero-order valence-corrected chi connectivity index (χ0v) is 23.6. The Kier molecular flexibility index (Phi) is 9.03. The van der Waals surface area contributed by atoms with E-state index in [0.29, 0.717) is 25.3 Å². The third kappa shape index (κ3) is 6.85. The number of aliphatic hydroxyl groups is 1. The fraction of sp³-hybridized carbons (Fsp3) is 0.571. The number of benzene rings is 1. The van der Waals surface area contributed by atoms with E-state index in [0.717, 1.165) is 56.5 Å². The van der Waals surface area contributed by atoms with Gasteiger partial charge in [0.25, 0.3) is 0 Å².